The normalized spacial score (nSPS) is 24.7. The first-order chi connectivity index (χ1) is 13.8. The number of amides is 1. The van der Waals surface area contributed by atoms with Gasteiger partial charge in [0.2, 0.25) is 5.91 Å². The Morgan fingerprint density at radius 2 is 2.10 bits per heavy atom. The average Bonchev–Trinajstić information content (AvgIpc) is 3.38. The van der Waals surface area contributed by atoms with Gasteiger partial charge in [0, 0.05) is 30.6 Å². The lowest BCUT2D eigenvalue weighted by Crippen LogP contribution is -2.48. The maximum absolute atomic E-state index is 13.2. The van der Waals surface area contributed by atoms with E-state index in [1.165, 1.54) is 12.0 Å². The molecule has 2 bridgehead atoms. The number of hydrogen-bond acceptors (Lipinski definition) is 5. The van der Waals surface area contributed by atoms with Crippen LogP contribution in [0.15, 0.2) is 30.0 Å². The van der Waals surface area contributed by atoms with Gasteiger partial charge < -0.3 is 15.7 Å². The van der Waals surface area contributed by atoms with Crippen molar-refractivity contribution < 1.29 is 14.7 Å². The van der Waals surface area contributed by atoms with Crippen LogP contribution in [0.2, 0.25) is 0 Å². The largest absolute Gasteiger partial charge is 0.481 e. The van der Waals surface area contributed by atoms with Crippen LogP contribution < -0.4 is 10.6 Å². The van der Waals surface area contributed by atoms with Crippen molar-refractivity contribution in [1.82, 2.24) is 25.8 Å². The molecule has 0 unspecified atom stereocenters. The molecule has 4 N–H and O–H groups in total. The minimum absolute atomic E-state index is 0.149. The van der Waals surface area contributed by atoms with Gasteiger partial charge in [-0.15, -0.1) is 0 Å². The number of allylic oxidation sites excluding steroid dienone is 2. The minimum Gasteiger partial charge on any atom is -0.481 e. The maximum Gasteiger partial charge on any atom is 0.300 e. The van der Waals surface area contributed by atoms with Crippen molar-refractivity contribution in [2.24, 2.45) is 5.41 Å². The van der Waals surface area contributed by atoms with Gasteiger partial charge in [0.15, 0.2) is 5.65 Å². The number of nitrogens with one attached hydrogen (secondary N) is 3. The summed E-state index contributed by atoms with van der Waals surface area (Å²) in [6.07, 6.45) is 7.94. The molecule has 2 aromatic heterocycles. The smallest absolute Gasteiger partial charge is 0.300 e. The number of hydrogen-bond donors (Lipinski definition) is 4. The zero-order valence-electron chi connectivity index (χ0n) is 17.2. The third kappa shape index (κ3) is 4.64. The highest BCUT2D eigenvalue weighted by Crippen LogP contribution is 2.46. The van der Waals surface area contributed by atoms with E-state index in [2.05, 4.69) is 45.7 Å². The van der Waals surface area contributed by atoms with Crippen molar-refractivity contribution >= 4 is 22.9 Å². The molecule has 8 nitrogen and oxygen atoms in total. The summed E-state index contributed by atoms with van der Waals surface area (Å²) in [6.45, 7) is 5.72. The highest BCUT2D eigenvalue weighted by molar-refractivity contribution is 5.85. The van der Waals surface area contributed by atoms with E-state index >= 15 is 0 Å². The summed E-state index contributed by atoms with van der Waals surface area (Å²) in [5.41, 5.74) is 2.53. The Kier molecular flexibility index (Phi) is 6.32. The van der Waals surface area contributed by atoms with Gasteiger partial charge in [0.1, 0.15) is 0 Å². The van der Waals surface area contributed by atoms with Gasteiger partial charge in [0.25, 0.3) is 5.97 Å². The van der Waals surface area contributed by atoms with Crippen LogP contribution in [0.1, 0.15) is 52.1 Å². The van der Waals surface area contributed by atoms with Gasteiger partial charge in [-0.2, -0.15) is 5.10 Å². The zero-order chi connectivity index (χ0) is 21.0. The number of H-pyrrole nitrogens is 1. The minimum atomic E-state index is -0.833. The lowest BCUT2D eigenvalue weighted by atomic mass is 9.70. The number of aromatic nitrogens is 3. The van der Waals surface area contributed by atoms with Gasteiger partial charge in [0.05, 0.1) is 17.7 Å². The Bertz CT molecular complexity index is 914. The number of aliphatic carboxylic acids is 1. The van der Waals surface area contributed by atoms with Crippen LogP contribution in [0, 0.1) is 5.41 Å². The molecule has 2 aliphatic rings. The third-order valence-corrected chi connectivity index (χ3v) is 5.68. The molecule has 2 aromatic rings. The summed E-state index contributed by atoms with van der Waals surface area (Å²) < 4.78 is 0. The third-order valence-electron chi connectivity index (χ3n) is 5.68. The molecule has 0 aromatic carbocycles. The second-order valence-electron chi connectivity index (χ2n) is 8.12. The predicted molar refractivity (Wildman–Crippen MR) is 110 cm³/mol. The Morgan fingerprint density at radius 3 is 2.72 bits per heavy atom. The molecule has 2 fully saturated rings. The molecule has 0 spiro atoms. The molecule has 1 amide bonds. The van der Waals surface area contributed by atoms with Gasteiger partial charge in [-0.3, -0.25) is 14.7 Å². The lowest BCUT2D eigenvalue weighted by molar-refractivity contribution is -0.134. The van der Waals surface area contributed by atoms with E-state index in [1.807, 2.05) is 12.1 Å². The maximum atomic E-state index is 13.2. The van der Waals surface area contributed by atoms with E-state index in [0.29, 0.717) is 18.2 Å². The van der Waals surface area contributed by atoms with Crippen molar-refractivity contribution in [3.8, 4) is 0 Å². The fourth-order valence-corrected chi connectivity index (χ4v) is 4.33. The number of rotatable bonds is 5. The fraction of sp³-hybridized carbons (Fsp3) is 0.524. The standard InChI is InChI=1S/C19H25N5O.C2H4O2/c1-12(2)7-8-19(10-13-5-6-16(19)22-13)18(25)21-11-15-14-4-3-9-20-17(14)24-23-15;1-2(3)4/h3-4,7,9,13,16,22H,5-6,8,10-11H2,1-2H3,(H,21,25)(H,20,23,24);1H3,(H,3,4)/t13-,16+,19+;/m0./s1. The molecule has 0 aliphatic carbocycles. The van der Waals surface area contributed by atoms with Gasteiger partial charge in [-0.1, -0.05) is 11.6 Å². The monoisotopic (exact) mass is 399 g/mol. The van der Waals surface area contributed by atoms with Crippen molar-refractivity contribution in [1.29, 1.82) is 0 Å². The quantitative estimate of drug-likeness (QED) is 0.574. The van der Waals surface area contributed by atoms with Crippen molar-refractivity contribution in [2.75, 3.05) is 0 Å². The number of carboxylic acids is 1. The summed E-state index contributed by atoms with van der Waals surface area (Å²) in [5, 5.41) is 22.4. The molecule has 156 valence electrons. The van der Waals surface area contributed by atoms with E-state index in [0.717, 1.165) is 37.3 Å². The van der Waals surface area contributed by atoms with Crippen LogP contribution >= 0.6 is 0 Å². The number of carbonyl (C=O) groups is 2. The summed E-state index contributed by atoms with van der Waals surface area (Å²) in [7, 11) is 0. The van der Waals surface area contributed by atoms with Gasteiger partial charge in [-0.25, -0.2) is 4.98 Å². The van der Waals surface area contributed by atoms with E-state index < -0.39 is 5.97 Å². The van der Waals surface area contributed by atoms with Crippen molar-refractivity contribution in [3.05, 3.63) is 35.7 Å². The molecular formula is C21H29N5O3. The van der Waals surface area contributed by atoms with Crippen LogP contribution in [0.3, 0.4) is 0 Å². The number of aromatic amines is 1. The summed E-state index contributed by atoms with van der Waals surface area (Å²) in [4.78, 5) is 26.4. The molecule has 29 heavy (non-hydrogen) atoms. The number of pyridine rings is 1. The molecule has 2 saturated heterocycles. The van der Waals surface area contributed by atoms with E-state index in [-0.39, 0.29) is 17.4 Å². The zero-order valence-corrected chi connectivity index (χ0v) is 17.2. The molecule has 4 heterocycles. The van der Waals surface area contributed by atoms with Crippen LogP contribution in [-0.4, -0.2) is 44.2 Å². The highest BCUT2D eigenvalue weighted by atomic mass is 16.4. The molecule has 3 atom stereocenters. The van der Waals surface area contributed by atoms with Crippen LogP contribution in [0.4, 0.5) is 0 Å². The fourth-order valence-electron chi connectivity index (χ4n) is 4.33. The lowest BCUT2D eigenvalue weighted by Gasteiger charge is -2.34. The molecular weight excluding hydrogens is 370 g/mol. The Labute approximate surface area is 170 Å². The van der Waals surface area contributed by atoms with Gasteiger partial charge in [-0.05, 0) is 51.7 Å². The number of fused-ring (bicyclic) bond motifs is 3. The molecule has 0 radical (unpaired) electrons. The number of carbonyl (C=O) groups excluding carboxylic acids is 1. The summed E-state index contributed by atoms with van der Waals surface area (Å²) >= 11 is 0. The van der Waals surface area contributed by atoms with Crippen molar-refractivity contribution in [2.45, 2.75) is 65.1 Å². The Balaban J connectivity index is 0.000000552. The molecule has 0 saturated carbocycles. The van der Waals surface area contributed by atoms with Crippen LogP contribution in [-0.2, 0) is 16.1 Å². The highest BCUT2D eigenvalue weighted by Gasteiger charge is 2.54. The van der Waals surface area contributed by atoms with Gasteiger partial charge >= 0.3 is 0 Å². The number of nitrogens with zero attached hydrogens (tertiary/aromatic N) is 2. The molecule has 2 aliphatic heterocycles. The summed E-state index contributed by atoms with van der Waals surface area (Å²) in [5.74, 6) is -0.684. The Morgan fingerprint density at radius 1 is 1.34 bits per heavy atom. The molecule has 4 rings (SSSR count). The predicted octanol–water partition coefficient (Wildman–Crippen LogP) is 2.53. The average molecular weight is 399 g/mol. The molecule has 8 heteroatoms. The van der Waals surface area contributed by atoms with E-state index in [9.17, 15) is 4.79 Å². The first-order valence-corrected chi connectivity index (χ1v) is 9.97. The van der Waals surface area contributed by atoms with E-state index in [4.69, 9.17) is 9.90 Å². The SMILES string of the molecule is CC(=O)O.CC(C)=CC[C@@]1(C(=O)NCc2[nH]nc3ncccc23)C[C@@H]2CC[C@H]1N2. The second kappa shape index (κ2) is 8.73. The first-order valence-electron chi connectivity index (χ1n) is 9.97. The Hall–Kier alpha value is -2.74. The second-order valence-corrected chi connectivity index (χ2v) is 8.12. The number of carboxylic acid groups (broad SMARTS) is 1. The van der Waals surface area contributed by atoms with Crippen LogP contribution in [0.5, 0.6) is 0 Å². The van der Waals surface area contributed by atoms with E-state index in [1.54, 1.807) is 6.20 Å². The topological polar surface area (TPSA) is 120 Å². The van der Waals surface area contributed by atoms with Crippen molar-refractivity contribution in [3.63, 3.8) is 0 Å². The van der Waals surface area contributed by atoms with Crippen LogP contribution in [0.25, 0.3) is 11.0 Å². The summed E-state index contributed by atoms with van der Waals surface area (Å²) in [6, 6.07) is 4.64. The first kappa shape index (κ1) is 21.0.